The van der Waals surface area contributed by atoms with E-state index in [-0.39, 0.29) is 36.3 Å². The van der Waals surface area contributed by atoms with Crippen LogP contribution in [-0.4, -0.2) is 46.6 Å². The van der Waals surface area contributed by atoms with Crippen molar-refractivity contribution in [2.45, 2.75) is 26.1 Å². The first kappa shape index (κ1) is 27.7. The Balaban J connectivity index is 0.00000512. The lowest BCUT2D eigenvalue weighted by atomic mass is 10.1. The number of rotatable bonds is 9. The number of aliphatic imine (C=N–C) groups is 1. The fourth-order valence-electron chi connectivity index (χ4n) is 2.86. The molecule has 2 aromatic rings. The third-order valence-electron chi connectivity index (χ3n) is 4.44. The van der Waals surface area contributed by atoms with Gasteiger partial charge in [-0.15, -0.1) is 24.0 Å². The first-order valence-corrected chi connectivity index (χ1v) is 9.70. The molecule has 0 atom stereocenters. The molecule has 0 aliphatic rings. The van der Waals surface area contributed by atoms with E-state index in [0.717, 1.165) is 11.1 Å². The van der Waals surface area contributed by atoms with Crippen LogP contribution in [-0.2, 0) is 13.0 Å². The largest absolute Gasteiger partial charge is 0.493 e. The van der Waals surface area contributed by atoms with Crippen molar-refractivity contribution in [3.8, 4) is 17.2 Å². The molecule has 0 amide bonds. The second-order valence-electron chi connectivity index (χ2n) is 6.81. The number of guanidine groups is 1. The predicted octanol–water partition coefficient (Wildman–Crippen LogP) is 4.48. The normalized spacial score (nSPS) is 11.4. The summed E-state index contributed by atoms with van der Waals surface area (Å²) in [6.07, 6.45) is -3.68. The van der Waals surface area contributed by atoms with Crippen LogP contribution in [0.5, 0.6) is 17.2 Å². The first-order valence-electron chi connectivity index (χ1n) is 9.70. The van der Waals surface area contributed by atoms with Crippen molar-refractivity contribution in [2.75, 3.05) is 34.4 Å². The van der Waals surface area contributed by atoms with Crippen molar-refractivity contribution in [3.05, 3.63) is 53.1 Å². The molecule has 10 heteroatoms. The maximum atomic E-state index is 12.5. The van der Waals surface area contributed by atoms with Crippen molar-refractivity contribution < 1.29 is 27.4 Å². The van der Waals surface area contributed by atoms with E-state index in [0.29, 0.717) is 36.0 Å². The lowest BCUT2D eigenvalue weighted by Crippen LogP contribution is -2.38. The zero-order chi connectivity index (χ0) is 22.9. The highest BCUT2D eigenvalue weighted by atomic mass is 127. The zero-order valence-electron chi connectivity index (χ0n) is 18.5. The average Bonchev–Trinajstić information content (AvgIpc) is 2.74. The minimum Gasteiger partial charge on any atom is -0.493 e. The van der Waals surface area contributed by atoms with Gasteiger partial charge in [0.15, 0.2) is 24.1 Å². The topological polar surface area (TPSA) is 64.1 Å². The van der Waals surface area contributed by atoms with E-state index in [4.69, 9.17) is 14.2 Å². The van der Waals surface area contributed by atoms with Crippen molar-refractivity contribution in [1.29, 1.82) is 0 Å². The molecule has 0 saturated heterocycles. The summed E-state index contributed by atoms with van der Waals surface area (Å²) >= 11 is 0. The van der Waals surface area contributed by atoms with Crippen molar-refractivity contribution in [3.63, 3.8) is 0 Å². The fourth-order valence-corrected chi connectivity index (χ4v) is 2.86. The Hall–Kier alpha value is -2.37. The van der Waals surface area contributed by atoms with Crippen LogP contribution < -0.4 is 24.8 Å². The maximum absolute atomic E-state index is 12.5. The number of hydrogen-bond donors (Lipinski definition) is 2. The molecule has 0 fully saturated rings. The summed E-state index contributed by atoms with van der Waals surface area (Å²) in [6, 6.07) is 10.9. The molecule has 178 valence electrons. The minimum atomic E-state index is -4.39. The number of hydrogen-bond acceptors (Lipinski definition) is 4. The summed E-state index contributed by atoms with van der Waals surface area (Å²) in [4.78, 5) is 4.16. The van der Waals surface area contributed by atoms with Crippen LogP contribution in [0.25, 0.3) is 0 Å². The number of ether oxygens (including phenoxy) is 3. The summed E-state index contributed by atoms with van der Waals surface area (Å²) in [5, 5.41) is 6.29. The van der Waals surface area contributed by atoms with Gasteiger partial charge in [-0.05, 0) is 42.7 Å². The van der Waals surface area contributed by atoms with Crippen molar-refractivity contribution in [2.24, 2.45) is 4.99 Å². The molecule has 32 heavy (non-hydrogen) atoms. The zero-order valence-corrected chi connectivity index (χ0v) is 20.8. The second-order valence-corrected chi connectivity index (χ2v) is 6.81. The van der Waals surface area contributed by atoms with Crippen molar-refractivity contribution in [1.82, 2.24) is 10.6 Å². The number of benzene rings is 2. The lowest BCUT2D eigenvalue weighted by molar-refractivity contribution is -0.153. The van der Waals surface area contributed by atoms with Crippen LogP contribution in [0.3, 0.4) is 0 Å². The summed E-state index contributed by atoms with van der Waals surface area (Å²) in [5.74, 6) is 2.06. The third kappa shape index (κ3) is 9.01. The second kappa shape index (κ2) is 13.2. The summed E-state index contributed by atoms with van der Waals surface area (Å²) in [6.45, 7) is 1.33. The fraction of sp³-hybridized carbons (Fsp3) is 0.409. The molecular weight excluding hydrogens is 538 g/mol. The Kier molecular flexibility index (Phi) is 11.4. The SMILES string of the molecule is CN=C(NCCc1ccc(OC)c(OC)c1)NCc1ccc(C)cc1OCC(F)(F)F.I. The van der Waals surface area contributed by atoms with E-state index < -0.39 is 12.8 Å². The smallest absolute Gasteiger partial charge is 0.422 e. The third-order valence-corrected chi connectivity index (χ3v) is 4.44. The molecule has 0 aliphatic heterocycles. The van der Waals surface area contributed by atoms with Gasteiger partial charge < -0.3 is 24.8 Å². The van der Waals surface area contributed by atoms with Crippen LogP contribution in [0, 0.1) is 6.92 Å². The van der Waals surface area contributed by atoms with Gasteiger partial charge in [0.1, 0.15) is 5.75 Å². The van der Waals surface area contributed by atoms with Gasteiger partial charge in [0.05, 0.1) is 14.2 Å². The highest BCUT2D eigenvalue weighted by molar-refractivity contribution is 14.0. The molecule has 0 bridgehead atoms. The number of alkyl halides is 3. The van der Waals surface area contributed by atoms with E-state index in [1.54, 1.807) is 40.3 Å². The molecule has 0 aromatic heterocycles. The van der Waals surface area contributed by atoms with Crippen LogP contribution in [0.15, 0.2) is 41.4 Å². The number of aryl methyl sites for hydroxylation is 1. The van der Waals surface area contributed by atoms with Gasteiger partial charge in [0, 0.05) is 25.7 Å². The average molecular weight is 567 g/mol. The molecule has 0 saturated carbocycles. The van der Waals surface area contributed by atoms with Gasteiger partial charge >= 0.3 is 6.18 Å². The Labute approximate surface area is 203 Å². The van der Waals surface area contributed by atoms with E-state index in [2.05, 4.69) is 15.6 Å². The van der Waals surface area contributed by atoms with Gasteiger partial charge in [-0.25, -0.2) is 0 Å². The standard InChI is InChI=1S/C22H28F3N3O3.HI/c1-15-5-7-17(19(11-15)31-14-22(23,24)25)13-28-21(26-2)27-10-9-16-6-8-18(29-3)20(12-16)30-4;/h5-8,11-12H,9-10,13-14H2,1-4H3,(H2,26,27,28);1H. The first-order chi connectivity index (χ1) is 14.8. The molecule has 0 unspecified atom stereocenters. The number of methoxy groups -OCH3 is 2. The molecule has 0 spiro atoms. The Morgan fingerprint density at radius 2 is 1.69 bits per heavy atom. The van der Waals surface area contributed by atoms with E-state index in [9.17, 15) is 13.2 Å². The minimum absolute atomic E-state index is 0. The number of nitrogens with zero attached hydrogens (tertiary/aromatic N) is 1. The van der Waals surface area contributed by atoms with Crippen LogP contribution in [0.1, 0.15) is 16.7 Å². The summed E-state index contributed by atoms with van der Waals surface area (Å²) < 4.78 is 53.1. The van der Waals surface area contributed by atoms with E-state index >= 15 is 0 Å². The van der Waals surface area contributed by atoms with E-state index in [1.807, 2.05) is 24.3 Å². The predicted molar refractivity (Wildman–Crippen MR) is 130 cm³/mol. The maximum Gasteiger partial charge on any atom is 0.422 e. The quantitative estimate of drug-likeness (QED) is 0.266. The number of halogens is 4. The molecule has 2 N–H and O–H groups in total. The monoisotopic (exact) mass is 567 g/mol. The number of nitrogens with one attached hydrogen (secondary N) is 2. The summed E-state index contributed by atoms with van der Waals surface area (Å²) in [5.41, 5.74) is 2.48. The molecular formula is C22H29F3IN3O3. The molecule has 2 aromatic carbocycles. The van der Waals surface area contributed by atoms with E-state index in [1.165, 1.54) is 0 Å². The van der Waals surface area contributed by atoms with Gasteiger partial charge in [-0.2, -0.15) is 13.2 Å². The Bertz CT molecular complexity index is 892. The van der Waals surface area contributed by atoms with Gasteiger partial charge in [-0.3, -0.25) is 4.99 Å². The Morgan fingerprint density at radius 1 is 0.969 bits per heavy atom. The lowest BCUT2D eigenvalue weighted by Gasteiger charge is -2.16. The molecule has 0 radical (unpaired) electrons. The van der Waals surface area contributed by atoms with Gasteiger partial charge in [-0.1, -0.05) is 18.2 Å². The van der Waals surface area contributed by atoms with Gasteiger partial charge in [0.25, 0.3) is 0 Å². The molecule has 2 rings (SSSR count). The molecule has 0 heterocycles. The Morgan fingerprint density at radius 3 is 2.31 bits per heavy atom. The summed E-state index contributed by atoms with van der Waals surface area (Å²) in [7, 11) is 4.80. The van der Waals surface area contributed by atoms with Crippen molar-refractivity contribution >= 4 is 29.9 Å². The van der Waals surface area contributed by atoms with Crippen LogP contribution in [0.4, 0.5) is 13.2 Å². The molecule has 0 aliphatic carbocycles. The highest BCUT2D eigenvalue weighted by Gasteiger charge is 2.28. The highest BCUT2D eigenvalue weighted by Crippen LogP contribution is 2.27. The van der Waals surface area contributed by atoms with Crippen LogP contribution in [0.2, 0.25) is 0 Å². The van der Waals surface area contributed by atoms with Gasteiger partial charge in [0.2, 0.25) is 0 Å². The van der Waals surface area contributed by atoms with Crippen LogP contribution >= 0.6 is 24.0 Å². The molecule has 6 nitrogen and oxygen atoms in total.